The van der Waals surface area contributed by atoms with Gasteiger partial charge in [0, 0.05) is 23.8 Å². The molecule has 86 valence electrons. The number of rotatable bonds is 3. The molecule has 2 N–H and O–H groups in total. The number of hydrogen-bond acceptors (Lipinski definition) is 4. The molecule has 0 saturated heterocycles. The molecule has 2 heterocycles. The van der Waals surface area contributed by atoms with Gasteiger partial charge in [0.15, 0.2) is 5.13 Å². The number of imidazole rings is 1. The van der Waals surface area contributed by atoms with Crippen LogP contribution in [0.2, 0.25) is 0 Å². The largest absolute Gasteiger partial charge is 0.375 e. The van der Waals surface area contributed by atoms with Crippen LogP contribution in [0.5, 0.6) is 0 Å². The summed E-state index contributed by atoms with van der Waals surface area (Å²) in [5.41, 5.74) is 6.35. The fourth-order valence-electron chi connectivity index (χ4n) is 1.51. The Labute approximate surface area is 97.2 Å². The Morgan fingerprint density at radius 1 is 1.50 bits per heavy atom. The summed E-state index contributed by atoms with van der Waals surface area (Å²) >= 11 is 1.39. The van der Waals surface area contributed by atoms with Crippen molar-refractivity contribution in [3.8, 4) is 0 Å². The lowest BCUT2D eigenvalue weighted by atomic mass is 10.4. The molecule has 5 nitrogen and oxygen atoms in total. The SMILES string of the molecule is CC(C)n1ccn(Cc2csc(N)n2)c1=O. The summed E-state index contributed by atoms with van der Waals surface area (Å²) in [6, 6.07) is 0.175. The molecule has 0 aliphatic carbocycles. The molecule has 0 fully saturated rings. The van der Waals surface area contributed by atoms with E-state index in [4.69, 9.17) is 5.73 Å². The summed E-state index contributed by atoms with van der Waals surface area (Å²) in [6.45, 7) is 4.44. The van der Waals surface area contributed by atoms with Crippen LogP contribution in [-0.4, -0.2) is 14.1 Å². The van der Waals surface area contributed by atoms with Crippen LogP contribution in [0, 0.1) is 0 Å². The van der Waals surface area contributed by atoms with Crippen molar-refractivity contribution in [2.45, 2.75) is 26.4 Å². The van der Waals surface area contributed by atoms with E-state index in [0.29, 0.717) is 11.7 Å². The van der Waals surface area contributed by atoms with Gasteiger partial charge in [0.1, 0.15) is 0 Å². The summed E-state index contributed by atoms with van der Waals surface area (Å²) in [4.78, 5) is 16.0. The van der Waals surface area contributed by atoms with Crippen molar-refractivity contribution in [3.63, 3.8) is 0 Å². The summed E-state index contributed by atoms with van der Waals surface area (Å²) in [7, 11) is 0. The molecular weight excluding hydrogens is 224 g/mol. The molecule has 0 aliphatic heterocycles. The molecule has 2 aromatic rings. The highest BCUT2D eigenvalue weighted by Gasteiger charge is 2.07. The second-order valence-electron chi connectivity index (χ2n) is 3.89. The topological polar surface area (TPSA) is 65.8 Å². The average Bonchev–Trinajstić information content (AvgIpc) is 2.76. The van der Waals surface area contributed by atoms with Crippen LogP contribution in [-0.2, 0) is 6.54 Å². The number of nitrogens with two attached hydrogens (primary N) is 1. The smallest absolute Gasteiger partial charge is 0.328 e. The zero-order chi connectivity index (χ0) is 11.7. The highest BCUT2D eigenvalue weighted by atomic mass is 32.1. The molecular formula is C10H14N4OS. The van der Waals surface area contributed by atoms with E-state index in [9.17, 15) is 4.79 Å². The maximum absolute atomic E-state index is 11.9. The molecule has 0 aliphatic rings. The standard InChI is InChI=1S/C10H14N4OS/c1-7(2)14-4-3-13(10(14)15)5-8-6-16-9(11)12-8/h3-4,6-7H,5H2,1-2H3,(H2,11,12). The number of aromatic nitrogens is 3. The summed E-state index contributed by atoms with van der Waals surface area (Å²) < 4.78 is 3.32. The Morgan fingerprint density at radius 3 is 2.75 bits per heavy atom. The fraction of sp³-hybridized carbons (Fsp3) is 0.400. The zero-order valence-electron chi connectivity index (χ0n) is 9.25. The van der Waals surface area contributed by atoms with Crippen molar-refractivity contribution in [2.24, 2.45) is 0 Å². The van der Waals surface area contributed by atoms with Gasteiger partial charge in [-0.1, -0.05) is 0 Å². The Bertz CT molecular complexity index is 537. The number of nitrogens with zero attached hydrogens (tertiary/aromatic N) is 3. The monoisotopic (exact) mass is 238 g/mol. The molecule has 0 bridgehead atoms. The Hall–Kier alpha value is -1.56. The molecule has 0 spiro atoms. The third-order valence-corrected chi connectivity index (χ3v) is 3.05. The number of anilines is 1. The number of hydrogen-bond donors (Lipinski definition) is 1. The van der Waals surface area contributed by atoms with Crippen LogP contribution in [0.15, 0.2) is 22.6 Å². The molecule has 0 aromatic carbocycles. The van der Waals surface area contributed by atoms with Gasteiger partial charge in [0.2, 0.25) is 0 Å². The van der Waals surface area contributed by atoms with Crippen LogP contribution >= 0.6 is 11.3 Å². The summed E-state index contributed by atoms with van der Waals surface area (Å²) in [6.07, 6.45) is 3.57. The molecule has 2 aromatic heterocycles. The van der Waals surface area contributed by atoms with Crippen molar-refractivity contribution in [2.75, 3.05) is 5.73 Å². The molecule has 0 unspecified atom stereocenters. The minimum atomic E-state index is -0.0124. The van der Waals surface area contributed by atoms with E-state index in [-0.39, 0.29) is 11.7 Å². The van der Waals surface area contributed by atoms with Gasteiger partial charge in [-0.2, -0.15) is 0 Å². The highest BCUT2D eigenvalue weighted by Crippen LogP contribution is 2.11. The first-order valence-corrected chi connectivity index (χ1v) is 5.93. The molecule has 0 radical (unpaired) electrons. The van der Waals surface area contributed by atoms with E-state index >= 15 is 0 Å². The van der Waals surface area contributed by atoms with Gasteiger partial charge in [-0.05, 0) is 13.8 Å². The van der Waals surface area contributed by atoms with Gasteiger partial charge in [-0.3, -0.25) is 9.13 Å². The Balaban J connectivity index is 2.26. The van der Waals surface area contributed by atoms with Crippen LogP contribution in [0.3, 0.4) is 0 Å². The van der Waals surface area contributed by atoms with Gasteiger partial charge in [0.05, 0.1) is 12.2 Å². The van der Waals surface area contributed by atoms with E-state index in [0.717, 1.165) is 5.69 Å². The van der Waals surface area contributed by atoms with Crippen LogP contribution < -0.4 is 11.4 Å². The molecule has 16 heavy (non-hydrogen) atoms. The van der Waals surface area contributed by atoms with Gasteiger partial charge in [0.25, 0.3) is 0 Å². The molecule has 2 rings (SSSR count). The maximum Gasteiger partial charge on any atom is 0.328 e. The van der Waals surface area contributed by atoms with Crippen molar-refractivity contribution < 1.29 is 0 Å². The van der Waals surface area contributed by atoms with Crippen LogP contribution in [0.1, 0.15) is 25.6 Å². The lowest BCUT2D eigenvalue weighted by Crippen LogP contribution is -2.25. The average molecular weight is 238 g/mol. The Morgan fingerprint density at radius 2 is 2.25 bits per heavy atom. The number of thiazole rings is 1. The van der Waals surface area contributed by atoms with Gasteiger partial charge in [-0.15, -0.1) is 11.3 Å². The molecule has 0 atom stereocenters. The minimum absolute atomic E-state index is 0.0124. The normalized spacial score (nSPS) is 11.2. The summed E-state index contributed by atoms with van der Waals surface area (Å²) in [5, 5.41) is 2.40. The zero-order valence-corrected chi connectivity index (χ0v) is 10.1. The second-order valence-corrected chi connectivity index (χ2v) is 4.78. The van der Waals surface area contributed by atoms with Crippen molar-refractivity contribution >= 4 is 16.5 Å². The molecule has 0 saturated carbocycles. The first-order valence-electron chi connectivity index (χ1n) is 5.05. The van der Waals surface area contributed by atoms with Crippen molar-refractivity contribution in [1.82, 2.24) is 14.1 Å². The van der Waals surface area contributed by atoms with Gasteiger partial charge < -0.3 is 5.73 Å². The third kappa shape index (κ3) is 2.01. The van der Waals surface area contributed by atoms with E-state index in [1.165, 1.54) is 11.3 Å². The predicted molar refractivity (Wildman–Crippen MR) is 64.7 cm³/mol. The van der Waals surface area contributed by atoms with Gasteiger partial charge >= 0.3 is 5.69 Å². The van der Waals surface area contributed by atoms with E-state index in [1.54, 1.807) is 21.5 Å². The van der Waals surface area contributed by atoms with Crippen LogP contribution in [0.4, 0.5) is 5.13 Å². The lowest BCUT2D eigenvalue weighted by molar-refractivity contribution is 0.560. The minimum Gasteiger partial charge on any atom is -0.375 e. The highest BCUT2D eigenvalue weighted by molar-refractivity contribution is 7.13. The quantitative estimate of drug-likeness (QED) is 0.877. The van der Waals surface area contributed by atoms with E-state index in [1.807, 2.05) is 19.2 Å². The third-order valence-electron chi connectivity index (χ3n) is 2.33. The van der Waals surface area contributed by atoms with E-state index in [2.05, 4.69) is 4.98 Å². The molecule has 6 heteroatoms. The fourth-order valence-corrected chi connectivity index (χ4v) is 2.07. The van der Waals surface area contributed by atoms with Crippen molar-refractivity contribution in [3.05, 3.63) is 34.0 Å². The maximum atomic E-state index is 11.9. The van der Waals surface area contributed by atoms with Crippen LogP contribution in [0.25, 0.3) is 0 Å². The second kappa shape index (κ2) is 4.13. The van der Waals surface area contributed by atoms with E-state index < -0.39 is 0 Å². The predicted octanol–water partition coefficient (Wildman–Crippen LogP) is 1.32. The molecule has 0 amide bonds. The van der Waals surface area contributed by atoms with Gasteiger partial charge in [-0.25, -0.2) is 9.78 Å². The summed E-state index contributed by atoms with van der Waals surface area (Å²) in [5.74, 6) is 0. The first-order chi connectivity index (χ1) is 7.58. The first kappa shape index (κ1) is 10.9. The lowest BCUT2D eigenvalue weighted by Gasteiger charge is -2.03. The van der Waals surface area contributed by atoms with Crippen molar-refractivity contribution in [1.29, 1.82) is 0 Å². The number of nitrogen functional groups attached to an aromatic ring is 1. The Kier molecular flexibility index (Phi) is 2.82.